The van der Waals surface area contributed by atoms with Crippen molar-refractivity contribution in [2.75, 3.05) is 34.8 Å². The van der Waals surface area contributed by atoms with Crippen molar-refractivity contribution in [2.24, 2.45) is 5.92 Å². The number of piperidine rings is 2. The van der Waals surface area contributed by atoms with E-state index >= 15 is 0 Å². The monoisotopic (exact) mass is 472 g/mol. The minimum atomic E-state index is 0.481. The summed E-state index contributed by atoms with van der Waals surface area (Å²) in [5, 5.41) is 7.72. The molecule has 2 fully saturated rings. The first-order valence-corrected chi connectivity index (χ1v) is 12.5. The van der Waals surface area contributed by atoms with Crippen LogP contribution in [0.15, 0.2) is 30.3 Å². The molecule has 2 aliphatic heterocycles. The van der Waals surface area contributed by atoms with E-state index in [4.69, 9.17) is 33.8 Å². The molecule has 0 bridgehead atoms. The zero-order valence-electron chi connectivity index (χ0n) is 19.0. The van der Waals surface area contributed by atoms with Gasteiger partial charge in [-0.15, -0.1) is 0 Å². The van der Waals surface area contributed by atoms with E-state index in [1.165, 1.54) is 32.1 Å². The fraction of sp³-hybridized carbons (Fsp3) is 0.542. The second kappa shape index (κ2) is 10.7. The van der Waals surface area contributed by atoms with Gasteiger partial charge < -0.3 is 20.4 Å². The molecule has 2 atom stereocenters. The van der Waals surface area contributed by atoms with Crippen LogP contribution in [-0.4, -0.2) is 40.8 Å². The van der Waals surface area contributed by atoms with Gasteiger partial charge in [0, 0.05) is 43.3 Å². The molecule has 0 amide bonds. The molecule has 0 radical (unpaired) electrons. The minimum absolute atomic E-state index is 0.481. The number of nitrogens with zero attached hydrogens (tertiary/aromatic N) is 4. The van der Waals surface area contributed by atoms with Crippen molar-refractivity contribution in [2.45, 2.75) is 58.5 Å². The number of hydrogen-bond acceptors (Lipinski definition) is 5. The maximum absolute atomic E-state index is 5.98. The van der Waals surface area contributed by atoms with Crippen molar-refractivity contribution < 1.29 is 0 Å². The van der Waals surface area contributed by atoms with E-state index in [1.807, 2.05) is 24.3 Å². The largest absolute Gasteiger partial charge is 0.358 e. The quantitative estimate of drug-likeness (QED) is 0.577. The zero-order valence-corrected chi connectivity index (χ0v) is 20.6. The Morgan fingerprint density at radius 3 is 2.59 bits per heavy atom. The first kappa shape index (κ1) is 23.1. The fourth-order valence-corrected chi connectivity index (χ4v) is 4.84. The average molecular weight is 473 g/mol. The summed E-state index contributed by atoms with van der Waals surface area (Å²) in [5.41, 5.74) is 1.11. The third-order valence-electron chi connectivity index (χ3n) is 6.37. The predicted molar refractivity (Wildman–Crippen MR) is 138 cm³/mol. The van der Waals surface area contributed by atoms with Gasteiger partial charge in [-0.25, -0.2) is 0 Å². The van der Waals surface area contributed by atoms with Crippen molar-refractivity contribution in [3.05, 3.63) is 40.9 Å². The van der Waals surface area contributed by atoms with Gasteiger partial charge in [-0.05, 0) is 74.9 Å². The van der Waals surface area contributed by atoms with Crippen molar-refractivity contribution in [1.82, 2.24) is 15.3 Å². The van der Waals surface area contributed by atoms with Crippen LogP contribution in [0, 0.1) is 5.92 Å². The number of halogens is 1. The van der Waals surface area contributed by atoms with Gasteiger partial charge in [0.15, 0.2) is 5.11 Å². The molecule has 2 N–H and O–H groups in total. The van der Waals surface area contributed by atoms with Gasteiger partial charge in [0.05, 0.1) is 0 Å². The number of aromatic nitrogens is 2. The Kier molecular flexibility index (Phi) is 7.68. The number of hydrogen-bond donors (Lipinski definition) is 2. The van der Waals surface area contributed by atoms with E-state index in [0.29, 0.717) is 29.6 Å². The van der Waals surface area contributed by atoms with Gasteiger partial charge in [0.25, 0.3) is 0 Å². The number of benzene rings is 1. The lowest BCUT2D eigenvalue weighted by Crippen LogP contribution is -2.39. The summed E-state index contributed by atoms with van der Waals surface area (Å²) in [4.78, 5) is 14.5. The molecule has 4 rings (SSSR count). The molecule has 2 aliphatic rings. The molecule has 1 aromatic heterocycles. The minimum Gasteiger partial charge on any atom is -0.358 e. The predicted octanol–water partition coefficient (Wildman–Crippen LogP) is 5.23. The summed E-state index contributed by atoms with van der Waals surface area (Å²) in [5.74, 6) is 3.21. The highest BCUT2D eigenvalue weighted by Crippen LogP contribution is 2.29. The van der Waals surface area contributed by atoms with Crippen molar-refractivity contribution in [1.29, 1.82) is 0 Å². The molecule has 0 spiro atoms. The van der Waals surface area contributed by atoms with Gasteiger partial charge in [0.2, 0.25) is 5.95 Å². The Bertz CT molecular complexity index is 921. The Balaban J connectivity index is 1.51. The van der Waals surface area contributed by atoms with Crippen molar-refractivity contribution in [3.63, 3.8) is 0 Å². The van der Waals surface area contributed by atoms with Crippen LogP contribution in [0.1, 0.15) is 51.5 Å². The van der Waals surface area contributed by atoms with Crippen LogP contribution in [-0.2, 0) is 6.54 Å². The van der Waals surface area contributed by atoms with E-state index in [0.717, 1.165) is 41.9 Å². The SMILES string of the molecule is C[C@@H]1CCCN(c2cc(N3CCCC[C@H]3C)nc(NC(=S)NCc3ccc(Cl)cc3)n2)C1. The molecule has 2 saturated heterocycles. The summed E-state index contributed by atoms with van der Waals surface area (Å²) in [7, 11) is 0. The molecular weight excluding hydrogens is 440 g/mol. The topological polar surface area (TPSA) is 56.3 Å². The van der Waals surface area contributed by atoms with Crippen LogP contribution in [0.25, 0.3) is 0 Å². The van der Waals surface area contributed by atoms with E-state index in [1.54, 1.807) is 0 Å². The summed E-state index contributed by atoms with van der Waals surface area (Å²) < 4.78 is 0. The smallest absolute Gasteiger partial charge is 0.232 e. The van der Waals surface area contributed by atoms with Gasteiger partial charge in [-0.1, -0.05) is 30.7 Å². The summed E-state index contributed by atoms with van der Waals surface area (Å²) >= 11 is 11.5. The van der Waals surface area contributed by atoms with Gasteiger partial charge in [0.1, 0.15) is 11.6 Å². The van der Waals surface area contributed by atoms with Crippen LogP contribution in [0.4, 0.5) is 17.6 Å². The Morgan fingerprint density at radius 1 is 1.06 bits per heavy atom. The van der Waals surface area contributed by atoms with E-state index in [2.05, 4.69) is 40.3 Å². The first-order valence-electron chi connectivity index (χ1n) is 11.7. The lowest BCUT2D eigenvalue weighted by Gasteiger charge is -2.36. The Labute approximate surface area is 201 Å². The third kappa shape index (κ3) is 6.01. The number of rotatable bonds is 5. The Morgan fingerprint density at radius 2 is 1.84 bits per heavy atom. The standard InChI is InChI=1S/C24H33ClN6S/c1-17-6-5-12-30(16-17)21-14-22(31-13-4-3-7-18(31)2)28-23(27-21)29-24(32)26-15-19-8-10-20(25)11-9-19/h8-11,14,17-18H,3-7,12-13,15-16H2,1-2H3,(H2,26,27,28,29,32)/t17-,18-/m1/s1. The Hall–Kier alpha value is -2.12. The highest BCUT2D eigenvalue weighted by Gasteiger charge is 2.24. The molecule has 32 heavy (non-hydrogen) atoms. The molecule has 2 aromatic rings. The number of thiocarbonyl (C=S) groups is 1. The van der Waals surface area contributed by atoms with Gasteiger partial charge >= 0.3 is 0 Å². The normalized spacial score (nSPS) is 21.3. The van der Waals surface area contributed by atoms with Crippen LogP contribution < -0.4 is 20.4 Å². The van der Waals surface area contributed by atoms with E-state index < -0.39 is 0 Å². The number of anilines is 3. The molecule has 8 heteroatoms. The van der Waals surface area contributed by atoms with Crippen LogP contribution >= 0.6 is 23.8 Å². The second-order valence-corrected chi connectivity index (χ2v) is 9.92. The molecule has 1 aromatic carbocycles. The van der Waals surface area contributed by atoms with Gasteiger partial charge in [-0.2, -0.15) is 9.97 Å². The molecule has 0 aliphatic carbocycles. The zero-order chi connectivity index (χ0) is 22.5. The maximum Gasteiger partial charge on any atom is 0.232 e. The maximum atomic E-state index is 5.98. The highest BCUT2D eigenvalue weighted by atomic mass is 35.5. The highest BCUT2D eigenvalue weighted by molar-refractivity contribution is 7.80. The third-order valence-corrected chi connectivity index (χ3v) is 6.87. The van der Waals surface area contributed by atoms with Crippen LogP contribution in [0.3, 0.4) is 0 Å². The van der Waals surface area contributed by atoms with Crippen LogP contribution in [0.5, 0.6) is 0 Å². The number of nitrogens with one attached hydrogen (secondary N) is 2. The summed E-state index contributed by atoms with van der Waals surface area (Å²) in [6.07, 6.45) is 6.16. The van der Waals surface area contributed by atoms with Crippen molar-refractivity contribution >= 4 is 46.5 Å². The molecule has 6 nitrogen and oxygen atoms in total. The lowest BCUT2D eigenvalue weighted by atomic mass is 10.0. The summed E-state index contributed by atoms with van der Waals surface area (Å²) in [6.45, 7) is 8.32. The molecule has 0 unspecified atom stereocenters. The van der Waals surface area contributed by atoms with Crippen LogP contribution in [0.2, 0.25) is 5.02 Å². The average Bonchev–Trinajstić information content (AvgIpc) is 2.79. The molecule has 0 saturated carbocycles. The van der Waals surface area contributed by atoms with E-state index in [-0.39, 0.29) is 0 Å². The molecular formula is C24H33ClN6S. The summed E-state index contributed by atoms with van der Waals surface area (Å²) in [6, 6.07) is 10.4. The fourth-order valence-electron chi connectivity index (χ4n) is 4.55. The van der Waals surface area contributed by atoms with Gasteiger partial charge in [-0.3, -0.25) is 0 Å². The molecule has 172 valence electrons. The second-order valence-electron chi connectivity index (χ2n) is 9.07. The van der Waals surface area contributed by atoms with Crippen molar-refractivity contribution in [3.8, 4) is 0 Å². The lowest BCUT2D eigenvalue weighted by molar-refractivity contribution is 0.444. The first-order chi connectivity index (χ1) is 15.5. The molecule has 3 heterocycles. The van der Waals surface area contributed by atoms with E-state index in [9.17, 15) is 0 Å².